The number of para-hydroxylation sites is 1. The molecule has 0 spiro atoms. The van der Waals surface area contributed by atoms with Crippen LogP contribution in [-0.4, -0.2) is 22.2 Å². The van der Waals surface area contributed by atoms with Crippen LogP contribution in [0.5, 0.6) is 5.75 Å². The highest BCUT2D eigenvalue weighted by atomic mass is 35.5. The van der Waals surface area contributed by atoms with Crippen molar-refractivity contribution in [3.8, 4) is 5.75 Å². The molecule has 0 atom stereocenters. The van der Waals surface area contributed by atoms with E-state index in [1.807, 2.05) is 12.1 Å². The van der Waals surface area contributed by atoms with Gasteiger partial charge in [0.25, 0.3) is 5.91 Å². The van der Waals surface area contributed by atoms with E-state index in [1.165, 1.54) is 18.3 Å². The first-order chi connectivity index (χ1) is 13.0. The minimum atomic E-state index is -0.264. The maximum atomic E-state index is 12.5. The fourth-order valence-corrected chi connectivity index (χ4v) is 2.89. The molecule has 1 amide bonds. The molecule has 0 aliphatic rings. The van der Waals surface area contributed by atoms with Gasteiger partial charge in [-0.15, -0.1) is 0 Å². The molecule has 2 N–H and O–H groups in total. The van der Waals surface area contributed by atoms with Crippen LogP contribution in [0, 0.1) is 0 Å². The van der Waals surface area contributed by atoms with Crippen LogP contribution in [0.1, 0.15) is 21.5 Å². The van der Waals surface area contributed by atoms with Crippen LogP contribution < -0.4 is 5.32 Å². The van der Waals surface area contributed by atoms with E-state index in [2.05, 4.69) is 15.3 Å². The number of nitrogens with zero attached hydrogens (tertiary/aromatic N) is 2. The molecule has 5 nitrogen and oxygen atoms in total. The second-order valence-electron chi connectivity index (χ2n) is 5.64. The van der Waals surface area contributed by atoms with Gasteiger partial charge in [-0.1, -0.05) is 41.4 Å². The maximum Gasteiger partial charge on any atom is 0.253 e. The van der Waals surface area contributed by atoms with Gasteiger partial charge in [-0.25, -0.2) is 0 Å². The number of amides is 1. The molecule has 3 aromatic rings. The van der Waals surface area contributed by atoms with Crippen LogP contribution in [0.2, 0.25) is 10.0 Å². The molecule has 0 radical (unpaired) electrons. The number of aliphatic imine (C=N–C) groups is 1. The highest BCUT2D eigenvalue weighted by Crippen LogP contribution is 2.30. The Morgan fingerprint density at radius 3 is 2.78 bits per heavy atom. The smallest absolute Gasteiger partial charge is 0.253 e. The lowest BCUT2D eigenvalue weighted by atomic mass is 10.1. The lowest BCUT2D eigenvalue weighted by molar-refractivity contribution is 0.0951. The zero-order valence-corrected chi connectivity index (χ0v) is 15.6. The van der Waals surface area contributed by atoms with E-state index in [1.54, 1.807) is 36.7 Å². The molecular weight excluding hydrogens is 385 g/mol. The zero-order chi connectivity index (χ0) is 19.2. The molecule has 0 bridgehead atoms. The molecular formula is C20H15Cl2N3O2. The Morgan fingerprint density at radius 2 is 2.00 bits per heavy atom. The van der Waals surface area contributed by atoms with Gasteiger partial charge in [-0.05, 0) is 35.9 Å². The van der Waals surface area contributed by atoms with Crippen molar-refractivity contribution in [1.29, 1.82) is 0 Å². The van der Waals surface area contributed by atoms with E-state index in [9.17, 15) is 9.90 Å². The minimum absolute atomic E-state index is 0.122. The van der Waals surface area contributed by atoms with Gasteiger partial charge >= 0.3 is 0 Å². The van der Waals surface area contributed by atoms with Gasteiger partial charge in [0.2, 0.25) is 0 Å². The summed E-state index contributed by atoms with van der Waals surface area (Å²) in [4.78, 5) is 20.9. The van der Waals surface area contributed by atoms with Crippen LogP contribution in [0.25, 0.3) is 0 Å². The fraction of sp³-hybridized carbons (Fsp3) is 0.0500. The van der Waals surface area contributed by atoms with Gasteiger partial charge in [0, 0.05) is 35.7 Å². The molecule has 3 rings (SSSR count). The van der Waals surface area contributed by atoms with Gasteiger partial charge < -0.3 is 10.4 Å². The van der Waals surface area contributed by atoms with E-state index < -0.39 is 0 Å². The van der Waals surface area contributed by atoms with Crippen molar-refractivity contribution in [2.24, 2.45) is 4.99 Å². The Kier molecular flexibility index (Phi) is 6.06. The number of carbonyl (C=O) groups excluding carboxylic acids is 1. The van der Waals surface area contributed by atoms with Crippen LogP contribution in [0.3, 0.4) is 0 Å². The Morgan fingerprint density at radius 1 is 1.19 bits per heavy atom. The summed E-state index contributed by atoms with van der Waals surface area (Å²) < 4.78 is 0. The first kappa shape index (κ1) is 18.9. The molecule has 0 unspecified atom stereocenters. The zero-order valence-electron chi connectivity index (χ0n) is 14.1. The summed E-state index contributed by atoms with van der Waals surface area (Å²) >= 11 is 11.9. The van der Waals surface area contributed by atoms with Crippen LogP contribution in [0.15, 0.2) is 65.9 Å². The van der Waals surface area contributed by atoms with Gasteiger partial charge in [-0.3, -0.25) is 14.8 Å². The van der Waals surface area contributed by atoms with Crippen LogP contribution in [0.4, 0.5) is 5.69 Å². The number of aromatic hydroxyl groups is 1. The molecule has 27 heavy (non-hydrogen) atoms. The van der Waals surface area contributed by atoms with Crippen molar-refractivity contribution in [2.75, 3.05) is 0 Å². The van der Waals surface area contributed by atoms with Crippen molar-refractivity contribution >= 4 is 41.0 Å². The number of halogens is 2. The quantitative estimate of drug-likeness (QED) is 0.606. The SMILES string of the molecule is O=C(NCc1cccnc1)c1ccccc1N=Cc1cc(Cl)cc(Cl)c1O. The average Bonchev–Trinajstić information content (AvgIpc) is 2.68. The molecule has 0 aliphatic carbocycles. The molecule has 2 aromatic carbocycles. The highest BCUT2D eigenvalue weighted by Gasteiger charge is 2.11. The summed E-state index contributed by atoms with van der Waals surface area (Å²) in [6.07, 6.45) is 4.78. The first-order valence-electron chi connectivity index (χ1n) is 8.03. The molecule has 1 heterocycles. The minimum Gasteiger partial charge on any atom is -0.506 e. The van der Waals surface area contributed by atoms with Crippen molar-refractivity contribution < 1.29 is 9.90 Å². The van der Waals surface area contributed by atoms with Gasteiger partial charge in [0.15, 0.2) is 0 Å². The van der Waals surface area contributed by atoms with E-state index in [0.717, 1.165) is 5.56 Å². The number of carbonyl (C=O) groups is 1. The Bertz CT molecular complexity index is 992. The Hall–Kier alpha value is -2.89. The number of pyridine rings is 1. The number of phenols is 1. The molecule has 7 heteroatoms. The van der Waals surface area contributed by atoms with Crippen molar-refractivity contribution in [3.63, 3.8) is 0 Å². The summed E-state index contributed by atoms with van der Waals surface area (Å²) in [5, 5.41) is 13.4. The number of nitrogens with one attached hydrogen (secondary N) is 1. The Balaban J connectivity index is 1.81. The fourth-order valence-electron chi connectivity index (χ4n) is 2.38. The summed E-state index contributed by atoms with van der Waals surface area (Å²) in [5.41, 5.74) is 2.12. The lowest BCUT2D eigenvalue weighted by Crippen LogP contribution is -2.22. The number of benzene rings is 2. The number of hydrogen-bond acceptors (Lipinski definition) is 4. The monoisotopic (exact) mass is 399 g/mol. The summed E-state index contributed by atoms with van der Waals surface area (Å²) in [6.45, 7) is 0.357. The van der Waals surface area contributed by atoms with Crippen LogP contribution >= 0.6 is 23.2 Å². The number of aromatic nitrogens is 1. The average molecular weight is 400 g/mol. The normalized spacial score (nSPS) is 10.9. The first-order valence-corrected chi connectivity index (χ1v) is 8.78. The molecule has 1 aromatic heterocycles. The second kappa shape index (κ2) is 8.66. The predicted molar refractivity (Wildman–Crippen MR) is 107 cm³/mol. The third-order valence-corrected chi connectivity index (χ3v) is 4.23. The van der Waals surface area contributed by atoms with Crippen LogP contribution in [-0.2, 0) is 6.54 Å². The summed E-state index contributed by atoms with van der Waals surface area (Å²) in [6, 6.07) is 13.6. The van der Waals surface area contributed by atoms with E-state index in [0.29, 0.717) is 28.4 Å². The van der Waals surface area contributed by atoms with Crippen molar-refractivity contribution in [1.82, 2.24) is 10.3 Å². The molecule has 136 valence electrons. The number of rotatable bonds is 5. The van der Waals surface area contributed by atoms with Gasteiger partial charge in [0.05, 0.1) is 16.3 Å². The Labute approximate surface area is 166 Å². The molecule has 0 aliphatic heterocycles. The largest absolute Gasteiger partial charge is 0.506 e. The molecule has 0 saturated heterocycles. The predicted octanol–water partition coefficient (Wildman–Crippen LogP) is 4.77. The van der Waals surface area contributed by atoms with Gasteiger partial charge in [-0.2, -0.15) is 0 Å². The lowest BCUT2D eigenvalue weighted by Gasteiger charge is -2.08. The third kappa shape index (κ3) is 4.84. The van der Waals surface area contributed by atoms with Crippen molar-refractivity contribution in [2.45, 2.75) is 6.54 Å². The van der Waals surface area contributed by atoms with Crippen molar-refractivity contribution in [3.05, 3.63) is 87.7 Å². The summed E-state index contributed by atoms with van der Waals surface area (Å²) in [5.74, 6) is -0.386. The van der Waals surface area contributed by atoms with E-state index in [4.69, 9.17) is 23.2 Å². The maximum absolute atomic E-state index is 12.5. The summed E-state index contributed by atoms with van der Waals surface area (Å²) in [7, 11) is 0. The highest BCUT2D eigenvalue weighted by molar-refractivity contribution is 6.36. The number of phenolic OH excluding ortho intramolecular Hbond substituents is 1. The molecule has 0 fully saturated rings. The third-order valence-electron chi connectivity index (χ3n) is 3.72. The molecule has 0 saturated carbocycles. The second-order valence-corrected chi connectivity index (χ2v) is 6.49. The topological polar surface area (TPSA) is 74.6 Å². The number of hydrogen-bond donors (Lipinski definition) is 2. The van der Waals surface area contributed by atoms with E-state index in [-0.39, 0.29) is 16.7 Å². The standard InChI is InChI=1S/C20H15Cl2N3O2/c21-15-8-14(19(26)17(22)9-15)12-24-18-6-2-1-5-16(18)20(27)25-11-13-4-3-7-23-10-13/h1-10,12,26H,11H2,(H,25,27). The van der Waals surface area contributed by atoms with E-state index >= 15 is 0 Å². The van der Waals surface area contributed by atoms with Gasteiger partial charge in [0.1, 0.15) is 5.75 Å².